The van der Waals surface area contributed by atoms with Crippen LogP contribution in [-0.4, -0.2) is 50.1 Å². The van der Waals surface area contributed by atoms with Crippen molar-refractivity contribution in [3.63, 3.8) is 0 Å². The summed E-state index contributed by atoms with van der Waals surface area (Å²) in [5, 5.41) is 15.5. The maximum atomic E-state index is 12.9. The molecule has 2 amide bonds. The van der Waals surface area contributed by atoms with Crippen LogP contribution in [-0.2, 0) is 11.3 Å². The molecule has 1 heterocycles. The highest BCUT2D eigenvalue weighted by atomic mass is 16.5. The van der Waals surface area contributed by atoms with Crippen LogP contribution in [0.4, 0.5) is 5.69 Å². The molecular weight excluding hydrogens is 396 g/mol. The molecule has 1 unspecified atom stereocenters. The average molecular weight is 422 g/mol. The molecule has 0 aromatic heterocycles. The van der Waals surface area contributed by atoms with Gasteiger partial charge in [-0.05, 0) is 42.3 Å². The van der Waals surface area contributed by atoms with Crippen molar-refractivity contribution in [2.45, 2.75) is 25.9 Å². The molecule has 0 bridgehead atoms. The molecule has 8 nitrogen and oxygen atoms in total. The Kier molecular flexibility index (Phi) is 6.98. The molecule has 0 radical (unpaired) electrons. The summed E-state index contributed by atoms with van der Waals surface area (Å²) in [4.78, 5) is 26.3. The molecule has 0 saturated carbocycles. The predicted octanol–water partition coefficient (Wildman–Crippen LogP) is 2.54. The molecule has 0 spiro atoms. The summed E-state index contributed by atoms with van der Waals surface area (Å²) >= 11 is 0. The van der Waals surface area contributed by atoms with Gasteiger partial charge >= 0.3 is 0 Å². The van der Waals surface area contributed by atoms with Gasteiger partial charge in [-0.25, -0.2) is 0 Å². The fourth-order valence-corrected chi connectivity index (χ4v) is 3.58. The van der Waals surface area contributed by atoms with Gasteiger partial charge < -0.3 is 25.0 Å². The minimum Gasteiger partial charge on any atom is -0.493 e. The Hall–Kier alpha value is -3.73. The summed E-state index contributed by atoms with van der Waals surface area (Å²) in [6.45, 7) is 3.11. The summed E-state index contributed by atoms with van der Waals surface area (Å²) < 4.78 is 10.5. The molecule has 1 aliphatic heterocycles. The summed E-state index contributed by atoms with van der Waals surface area (Å²) in [5.74, 6) is 0.939. The summed E-state index contributed by atoms with van der Waals surface area (Å²) in [7, 11) is 3.12. The maximum absolute atomic E-state index is 12.9. The highest BCUT2D eigenvalue weighted by Gasteiger charge is 2.25. The Balaban J connectivity index is 1.74. The topological polar surface area (TPSA) is 104 Å². The first-order chi connectivity index (χ1) is 14.9. The highest BCUT2D eigenvalue weighted by molar-refractivity contribution is 6.00. The standard InChI is InChI=1S/C23H26N4O4/c1-15(28)27-9-8-18(14-27)26-20-6-4-16(12-24)10-19(20)23(29)25-13-17-5-7-21(30-2)22(11-17)31-3/h4-7,10-11,18,26H,8-9,13-14H2,1-3H3,(H,25,29). The van der Waals surface area contributed by atoms with Gasteiger partial charge in [-0.1, -0.05) is 6.07 Å². The Morgan fingerprint density at radius 1 is 1.16 bits per heavy atom. The number of rotatable bonds is 7. The van der Waals surface area contributed by atoms with Gasteiger partial charge in [0.2, 0.25) is 5.91 Å². The van der Waals surface area contributed by atoms with Gasteiger partial charge in [0.15, 0.2) is 11.5 Å². The van der Waals surface area contributed by atoms with Crippen LogP contribution >= 0.6 is 0 Å². The zero-order valence-electron chi connectivity index (χ0n) is 17.9. The summed E-state index contributed by atoms with van der Waals surface area (Å²) in [6.07, 6.45) is 0.798. The van der Waals surface area contributed by atoms with E-state index in [-0.39, 0.29) is 24.4 Å². The van der Waals surface area contributed by atoms with E-state index >= 15 is 0 Å². The zero-order chi connectivity index (χ0) is 22.4. The van der Waals surface area contributed by atoms with Crippen molar-refractivity contribution in [1.82, 2.24) is 10.2 Å². The number of ether oxygens (including phenoxy) is 2. The lowest BCUT2D eigenvalue weighted by atomic mass is 10.1. The molecule has 31 heavy (non-hydrogen) atoms. The molecule has 1 atom stereocenters. The minimum atomic E-state index is -0.296. The molecular formula is C23H26N4O4. The molecule has 2 aromatic carbocycles. The number of carbonyl (C=O) groups excluding carboxylic acids is 2. The Bertz CT molecular complexity index is 1020. The van der Waals surface area contributed by atoms with E-state index in [0.29, 0.717) is 41.4 Å². The van der Waals surface area contributed by atoms with Crippen molar-refractivity contribution in [2.24, 2.45) is 0 Å². The number of nitrogens with zero attached hydrogens (tertiary/aromatic N) is 2. The number of nitrogens with one attached hydrogen (secondary N) is 2. The van der Waals surface area contributed by atoms with Crippen molar-refractivity contribution < 1.29 is 19.1 Å². The third-order valence-corrected chi connectivity index (χ3v) is 5.29. The van der Waals surface area contributed by atoms with Crippen LogP contribution in [0.5, 0.6) is 11.5 Å². The number of benzene rings is 2. The number of hydrogen-bond donors (Lipinski definition) is 2. The lowest BCUT2D eigenvalue weighted by Crippen LogP contribution is -2.30. The van der Waals surface area contributed by atoms with E-state index in [0.717, 1.165) is 12.0 Å². The minimum absolute atomic E-state index is 0.0389. The number of amides is 2. The zero-order valence-corrected chi connectivity index (χ0v) is 17.9. The molecule has 1 fully saturated rings. The fraction of sp³-hybridized carbons (Fsp3) is 0.348. The van der Waals surface area contributed by atoms with Crippen molar-refractivity contribution in [3.05, 3.63) is 53.1 Å². The largest absolute Gasteiger partial charge is 0.493 e. The molecule has 2 N–H and O–H groups in total. The third kappa shape index (κ3) is 5.25. The normalized spacial score (nSPS) is 15.2. The number of nitriles is 1. The van der Waals surface area contributed by atoms with Gasteiger partial charge in [-0.2, -0.15) is 5.26 Å². The van der Waals surface area contributed by atoms with Gasteiger partial charge in [-0.15, -0.1) is 0 Å². The lowest BCUT2D eigenvalue weighted by Gasteiger charge is -2.18. The fourth-order valence-electron chi connectivity index (χ4n) is 3.58. The van der Waals surface area contributed by atoms with Crippen molar-refractivity contribution >= 4 is 17.5 Å². The van der Waals surface area contributed by atoms with Crippen LogP contribution in [0, 0.1) is 11.3 Å². The molecule has 162 valence electrons. The van der Waals surface area contributed by atoms with E-state index in [1.54, 1.807) is 56.4 Å². The van der Waals surface area contributed by atoms with Crippen LogP contribution in [0.1, 0.15) is 34.8 Å². The van der Waals surface area contributed by atoms with Crippen molar-refractivity contribution in [2.75, 3.05) is 32.6 Å². The third-order valence-electron chi connectivity index (χ3n) is 5.29. The second kappa shape index (κ2) is 9.85. The van der Waals surface area contributed by atoms with Crippen LogP contribution in [0.2, 0.25) is 0 Å². The van der Waals surface area contributed by atoms with E-state index < -0.39 is 0 Å². The van der Waals surface area contributed by atoms with E-state index in [2.05, 4.69) is 16.7 Å². The predicted molar refractivity (Wildman–Crippen MR) is 116 cm³/mol. The first kappa shape index (κ1) is 22.0. The average Bonchev–Trinajstić information content (AvgIpc) is 3.26. The number of methoxy groups -OCH3 is 2. The SMILES string of the molecule is COc1ccc(CNC(=O)c2cc(C#N)ccc2NC2CCN(C(C)=O)C2)cc1OC. The second-order valence-corrected chi connectivity index (χ2v) is 7.34. The molecule has 1 saturated heterocycles. The Labute approximate surface area is 181 Å². The van der Waals surface area contributed by atoms with Gasteiger partial charge in [0.25, 0.3) is 5.91 Å². The van der Waals surface area contributed by atoms with Gasteiger partial charge in [0.05, 0.1) is 31.4 Å². The number of anilines is 1. The molecule has 3 rings (SSSR count). The number of hydrogen-bond acceptors (Lipinski definition) is 6. The van der Waals surface area contributed by atoms with Gasteiger partial charge in [0.1, 0.15) is 0 Å². The van der Waals surface area contributed by atoms with Crippen LogP contribution in [0.3, 0.4) is 0 Å². The van der Waals surface area contributed by atoms with E-state index in [4.69, 9.17) is 9.47 Å². The molecule has 8 heteroatoms. The van der Waals surface area contributed by atoms with E-state index in [1.165, 1.54) is 0 Å². The van der Waals surface area contributed by atoms with Crippen LogP contribution < -0.4 is 20.1 Å². The smallest absolute Gasteiger partial charge is 0.253 e. The number of likely N-dealkylation sites (tertiary alicyclic amines) is 1. The Morgan fingerprint density at radius 2 is 1.94 bits per heavy atom. The monoisotopic (exact) mass is 422 g/mol. The quantitative estimate of drug-likeness (QED) is 0.711. The van der Waals surface area contributed by atoms with Gasteiger partial charge in [0, 0.05) is 38.3 Å². The van der Waals surface area contributed by atoms with Crippen molar-refractivity contribution in [1.29, 1.82) is 5.26 Å². The van der Waals surface area contributed by atoms with Crippen molar-refractivity contribution in [3.8, 4) is 17.6 Å². The molecule has 0 aliphatic carbocycles. The van der Waals surface area contributed by atoms with E-state index in [1.807, 2.05) is 6.07 Å². The molecule has 1 aliphatic rings. The van der Waals surface area contributed by atoms with Crippen LogP contribution in [0.25, 0.3) is 0 Å². The van der Waals surface area contributed by atoms with E-state index in [9.17, 15) is 14.9 Å². The summed E-state index contributed by atoms with van der Waals surface area (Å²) in [6, 6.07) is 12.5. The van der Waals surface area contributed by atoms with Crippen LogP contribution in [0.15, 0.2) is 36.4 Å². The Morgan fingerprint density at radius 3 is 2.58 bits per heavy atom. The highest BCUT2D eigenvalue weighted by Crippen LogP contribution is 2.27. The maximum Gasteiger partial charge on any atom is 0.253 e. The van der Waals surface area contributed by atoms with Gasteiger partial charge in [-0.3, -0.25) is 9.59 Å². The second-order valence-electron chi connectivity index (χ2n) is 7.34. The first-order valence-electron chi connectivity index (χ1n) is 10.0. The number of carbonyl (C=O) groups is 2. The lowest BCUT2D eigenvalue weighted by molar-refractivity contribution is -0.127. The molecule has 2 aromatic rings. The summed E-state index contributed by atoms with van der Waals surface area (Å²) in [5.41, 5.74) is 2.28. The first-order valence-corrected chi connectivity index (χ1v) is 10.0.